The molecular weight excluding hydrogens is 301 g/mol. The summed E-state index contributed by atoms with van der Waals surface area (Å²) in [7, 11) is 0. The van der Waals surface area contributed by atoms with Crippen LogP contribution in [0.4, 0.5) is 0 Å². The zero-order chi connectivity index (χ0) is 15.3. The lowest BCUT2D eigenvalue weighted by Gasteiger charge is -2.26. The number of hydrogen-bond acceptors (Lipinski definition) is 2. The number of carboxylic acids is 1. The standard InChI is InChI=1S/C14H17Cl2NO3/c1-14(2,8-17-12(18)5-6-13(19)20)10-4-3-9(15)7-11(10)16/h3-4,7H,5-6,8H2,1-2H3,(H,17,18)(H,19,20). The van der Waals surface area contributed by atoms with Crippen LogP contribution in [0.5, 0.6) is 0 Å². The number of aliphatic carboxylic acids is 1. The van der Waals surface area contributed by atoms with E-state index in [2.05, 4.69) is 5.32 Å². The molecule has 0 saturated heterocycles. The molecule has 0 aliphatic rings. The molecule has 20 heavy (non-hydrogen) atoms. The Morgan fingerprint density at radius 1 is 1.25 bits per heavy atom. The molecule has 0 fully saturated rings. The van der Waals surface area contributed by atoms with Crippen LogP contribution in [0.2, 0.25) is 10.0 Å². The zero-order valence-corrected chi connectivity index (χ0v) is 12.9. The van der Waals surface area contributed by atoms with Crippen molar-refractivity contribution < 1.29 is 14.7 Å². The van der Waals surface area contributed by atoms with Gasteiger partial charge in [-0.15, -0.1) is 0 Å². The number of halogens is 2. The predicted molar refractivity (Wildman–Crippen MR) is 79.4 cm³/mol. The number of nitrogens with one attached hydrogen (secondary N) is 1. The average Bonchev–Trinajstić information content (AvgIpc) is 2.33. The number of rotatable bonds is 6. The predicted octanol–water partition coefficient (Wildman–Crippen LogP) is 3.25. The molecule has 0 unspecified atom stereocenters. The van der Waals surface area contributed by atoms with Crippen LogP contribution in [0.3, 0.4) is 0 Å². The summed E-state index contributed by atoms with van der Waals surface area (Å²) < 4.78 is 0. The highest BCUT2D eigenvalue weighted by Crippen LogP contribution is 2.31. The van der Waals surface area contributed by atoms with Crippen LogP contribution < -0.4 is 5.32 Å². The molecule has 0 aliphatic heterocycles. The van der Waals surface area contributed by atoms with Crippen LogP contribution in [0, 0.1) is 0 Å². The summed E-state index contributed by atoms with van der Waals surface area (Å²) in [5.41, 5.74) is 0.502. The van der Waals surface area contributed by atoms with Crippen molar-refractivity contribution in [1.29, 1.82) is 0 Å². The van der Waals surface area contributed by atoms with E-state index >= 15 is 0 Å². The summed E-state index contributed by atoms with van der Waals surface area (Å²) in [6.07, 6.45) is -0.201. The second-order valence-electron chi connectivity index (χ2n) is 5.18. The maximum absolute atomic E-state index is 11.5. The molecule has 4 nitrogen and oxygen atoms in total. The minimum absolute atomic E-state index is 0.0280. The van der Waals surface area contributed by atoms with Crippen molar-refractivity contribution in [3.8, 4) is 0 Å². The fourth-order valence-electron chi connectivity index (χ4n) is 1.76. The van der Waals surface area contributed by atoms with Crippen molar-refractivity contribution in [1.82, 2.24) is 5.32 Å². The Morgan fingerprint density at radius 2 is 1.90 bits per heavy atom. The van der Waals surface area contributed by atoms with E-state index in [0.717, 1.165) is 5.56 Å². The highest BCUT2D eigenvalue weighted by molar-refractivity contribution is 6.35. The lowest BCUT2D eigenvalue weighted by molar-refractivity contribution is -0.138. The number of carbonyl (C=O) groups excluding carboxylic acids is 1. The van der Waals surface area contributed by atoms with Gasteiger partial charge in [0.2, 0.25) is 5.91 Å². The van der Waals surface area contributed by atoms with Gasteiger partial charge in [0.25, 0.3) is 0 Å². The van der Waals surface area contributed by atoms with E-state index in [4.69, 9.17) is 28.3 Å². The Kier molecular flexibility index (Phi) is 5.84. The molecule has 0 spiro atoms. The smallest absolute Gasteiger partial charge is 0.303 e. The first kappa shape index (κ1) is 16.8. The molecule has 1 amide bonds. The molecule has 1 aromatic carbocycles. The van der Waals surface area contributed by atoms with Gasteiger partial charge in [-0.05, 0) is 17.7 Å². The molecule has 0 aliphatic carbocycles. The summed E-state index contributed by atoms with van der Waals surface area (Å²) in [6, 6.07) is 5.23. The summed E-state index contributed by atoms with van der Waals surface area (Å²) in [5, 5.41) is 12.3. The molecular formula is C14H17Cl2NO3. The number of benzene rings is 1. The molecule has 1 aromatic rings. The molecule has 6 heteroatoms. The molecule has 0 bridgehead atoms. The minimum Gasteiger partial charge on any atom is -0.481 e. The fourth-order valence-corrected chi connectivity index (χ4v) is 2.43. The monoisotopic (exact) mass is 317 g/mol. The van der Waals surface area contributed by atoms with Crippen LogP contribution in [0.15, 0.2) is 18.2 Å². The Hall–Kier alpha value is -1.26. The third-order valence-corrected chi connectivity index (χ3v) is 3.50. The number of hydrogen-bond donors (Lipinski definition) is 2. The first-order valence-corrected chi connectivity index (χ1v) is 6.92. The molecule has 2 N–H and O–H groups in total. The lowest BCUT2D eigenvalue weighted by Crippen LogP contribution is -2.37. The van der Waals surface area contributed by atoms with Crippen molar-refractivity contribution in [2.75, 3.05) is 6.54 Å². The Balaban J connectivity index is 2.65. The minimum atomic E-state index is -0.986. The van der Waals surface area contributed by atoms with E-state index in [1.807, 2.05) is 19.9 Å². The third kappa shape index (κ3) is 5.02. The van der Waals surface area contributed by atoms with E-state index in [1.165, 1.54) is 0 Å². The van der Waals surface area contributed by atoms with Gasteiger partial charge in [-0.2, -0.15) is 0 Å². The van der Waals surface area contributed by atoms with E-state index < -0.39 is 5.97 Å². The van der Waals surface area contributed by atoms with Gasteiger partial charge >= 0.3 is 5.97 Å². The average molecular weight is 318 g/mol. The van der Waals surface area contributed by atoms with Gasteiger partial charge < -0.3 is 10.4 Å². The van der Waals surface area contributed by atoms with Gasteiger partial charge in [0.05, 0.1) is 6.42 Å². The molecule has 0 atom stereocenters. The first-order valence-electron chi connectivity index (χ1n) is 6.16. The van der Waals surface area contributed by atoms with E-state index in [9.17, 15) is 9.59 Å². The Labute approximate surface area is 128 Å². The Morgan fingerprint density at radius 3 is 2.45 bits per heavy atom. The maximum atomic E-state index is 11.5. The van der Waals surface area contributed by atoms with Crippen molar-refractivity contribution in [3.63, 3.8) is 0 Å². The van der Waals surface area contributed by atoms with Crippen molar-refractivity contribution >= 4 is 35.1 Å². The number of carbonyl (C=O) groups is 2. The summed E-state index contributed by atoms with van der Waals surface area (Å²) in [6.45, 7) is 4.26. The normalized spacial score (nSPS) is 11.2. The van der Waals surface area contributed by atoms with Crippen molar-refractivity contribution in [3.05, 3.63) is 33.8 Å². The second-order valence-corrected chi connectivity index (χ2v) is 6.02. The van der Waals surface area contributed by atoms with Crippen LogP contribution >= 0.6 is 23.2 Å². The van der Waals surface area contributed by atoms with Gasteiger partial charge in [-0.3, -0.25) is 9.59 Å². The SMILES string of the molecule is CC(C)(CNC(=O)CCC(=O)O)c1ccc(Cl)cc1Cl. The highest BCUT2D eigenvalue weighted by Gasteiger charge is 2.24. The zero-order valence-electron chi connectivity index (χ0n) is 11.4. The Bertz CT molecular complexity index is 515. The topological polar surface area (TPSA) is 66.4 Å². The molecule has 0 radical (unpaired) electrons. The summed E-state index contributed by atoms with van der Waals surface area (Å²) in [4.78, 5) is 21.9. The van der Waals surface area contributed by atoms with E-state index in [1.54, 1.807) is 12.1 Å². The quantitative estimate of drug-likeness (QED) is 0.846. The largest absolute Gasteiger partial charge is 0.481 e. The second kappa shape index (κ2) is 6.95. The van der Waals surface area contributed by atoms with Gasteiger partial charge in [0, 0.05) is 28.4 Å². The molecule has 110 valence electrons. The van der Waals surface area contributed by atoms with Crippen molar-refractivity contribution in [2.45, 2.75) is 32.1 Å². The molecule has 0 aromatic heterocycles. The fraction of sp³-hybridized carbons (Fsp3) is 0.429. The maximum Gasteiger partial charge on any atom is 0.303 e. The van der Waals surface area contributed by atoms with Crippen LogP contribution in [0.25, 0.3) is 0 Å². The molecule has 0 heterocycles. The number of carboxylic acid groups (broad SMARTS) is 1. The van der Waals surface area contributed by atoms with E-state index in [0.29, 0.717) is 16.6 Å². The van der Waals surface area contributed by atoms with Crippen LogP contribution in [0.1, 0.15) is 32.3 Å². The van der Waals surface area contributed by atoms with Gasteiger partial charge in [-0.1, -0.05) is 43.1 Å². The first-order chi connectivity index (χ1) is 9.22. The summed E-state index contributed by atoms with van der Waals surface area (Å²) >= 11 is 12.0. The van der Waals surface area contributed by atoms with Crippen LogP contribution in [-0.4, -0.2) is 23.5 Å². The summed E-state index contributed by atoms with van der Waals surface area (Å²) in [5.74, 6) is -1.27. The van der Waals surface area contributed by atoms with Crippen LogP contribution in [-0.2, 0) is 15.0 Å². The lowest BCUT2D eigenvalue weighted by atomic mass is 9.84. The van der Waals surface area contributed by atoms with Crippen molar-refractivity contribution in [2.24, 2.45) is 0 Å². The van der Waals surface area contributed by atoms with Gasteiger partial charge in [0.15, 0.2) is 0 Å². The number of amides is 1. The molecule has 1 rings (SSSR count). The highest BCUT2D eigenvalue weighted by atomic mass is 35.5. The molecule has 0 saturated carbocycles. The van der Waals surface area contributed by atoms with Gasteiger partial charge in [0.1, 0.15) is 0 Å². The third-order valence-electron chi connectivity index (χ3n) is 2.95. The van der Waals surface area contributed by atoms with E-state index in [-0.39, 0.29) is 24.2 Å². The van der Waals surface area contributed by atoms with Gasteiger partial charge in [-0.25, -0.2) is 0 Å².